The number of carbonyl (C=O) groups is 1. The van der Waals surface area contributed by atoms with E-state index in [0.717, 1.165) is 24.0 Å². The van der Waals surface area contributed by atoms with Crippen LogP contribution in [0.2, 0.25) is 5.02 Å². The van der Waals surface area contributed by atoms with E-state index in [1.54, 1.807) is 6.20 Å². The molecule has 0 spiro atoms. The average molecular weight is 415 g/mol. The lowest BCUT2D eigenvalue weighted by Gasteiger charge is -2.31. The molecule has 28 heavy (non-hydrogen) atoms. The molecule has 2 bridgehead atoms. The van der Waals surface area contributed by atoms with Crippen LogP contribution >= 0.6 is 11.6 Å². The molecule has 1 saturated carbocycles. The molecule has 2 aliphatic carbocycles. The molecule has 1 fully saturated rings. The van der Waals surface area contributed by atoms with Gasteiger partial charge in [-0.1, -0.05) is 11.6 Å². The molecule has 4 nitrogen and oxygen atoms in total. The quantitative estimate of drug-likeness (QED) is 0.711. The molecule has 2 N–H and O–H groups in total. The lowest BCUT2D eigenvalue weighted by atomic mass is 9.75. The van der Waals surface area contributed by atoms with Crippen molar-refractivity contribution in [2.24, 2.45) is 11.8 Å². The van der Waals surface area contributed by atoms with Gasteiger partial charge in [-0.15, -0.1) is 0 Å². The van der Waals surface area contributed by atoms with Gasteiger partial charge < -0.3 is 10.3 Å². The van der Waals surface area contributed by atoms with Crippen molar-refractivity contribution in [1.82, 2.24) is 4.98 Å². The summed E-state index contributed by atoms with van der Waals surface area (Å²) in [6.07, 6.45) is -1.17. The first-order valence-corrected chi connectivity index (χ1v) is 9.11. The second kappa shape index (κ2) is 6.62. The summed E-state index contributed by atoms with van der Waals surface area (Å²) in [6.45, 7) is 0. The molecule has 1 aromatic carbocycles. The molecule has 1 heterocycles. The molecule has 0 radical (unpaired) electrons. The summed E-state index contributed by atoms with van der Waals surface area (Å²) in [5.41, 5.74) is -0.226. The molecule has 0 aliphatic heterocycles. The Hall–Kier alpha value is -2.35. The van der Waals surface area contributed by atoms with Crippen molar-refractivity contribution in [2.75, 3.05) is 5.32 Å². The number of pyridine rings is 1. The highest BCUT2D eigenvalue weighted by Gasteiger charge is 2.46. The van der Waals surface area contributed by atoms with E-state index in [0.29, 0.717) is 18.6 Å². The molecule has 9 heteroatoms. The zero-order valence-corrected chi connectivity index (χ0v) is 15.1. The Morgan fingerprint density at radius 1 is 1.21 bits per heavy atom. The van der Waals surface area contributed by atoms with Crippen LogP contribution in [0.3, 0.4) is 0 Å². The maximum absolute atomic E-state index is 14.1. The van der Waals surface area contributed by atoms with Crippen LogP contribution in [0, 0.1) is 17.7 Å². The number of carbonyl (C=O) groups excluding carboxylic acids is 1. The van der Waals surface area contributed by atoms with Crippen molar-refractivity contribution in [3.8, 4) is 0 Å². The van der Waals surface area contributed by atoms with Gasteiger partial charge in [0.15, 0.2) is 0 Å². The minimum Gasteiger partial charge on any atom is -0.329 e. The van der Waals surface area contributed by atoms with Gasteiger partial charge >= 0.3 is 6.18 Å². The molecule has 2 aliphatic rings. The maximum atomic E-state index is 14.1. The van der Waals surface area contributed by atoms with Crippen molar-refractivity contribution in [2.45, 2.75) is 31.4 Å². The van der Waals surface area contributed by atoms with Crippen LogP contribution in [0.5, 0.6) is 0 Å². The number of hydrogen-bond donors (Lipinski definition) is 2. The first-order chi connectivity index (χ1) is 13.1. The topological polar surface area (TPSA) is 62.0 Å². The third kappa shape index (κ3) is 3.19. The van der Waals surface area contributed by atoms with Gasteiger partial charge in [0.25, 0.3) is 0 Å². The highest BCUT2D eigenvalue weighted by Crippen LogP contribution is 2.50. The number of alkyl halides is 3. The predicted molar refractivity (Wildman–Crippen MR) is 94.8 cm³/mol. The number of rotatable bonds is 2. The third-order valence-electron chi connectivity index (χ3n) is 5.64. The second-order valence-electron chi connectivity index (χ2n) is 7.25. The van der Waals surface area contributed by atoms with Crippen molar-refractivity contribution in [3.63, 3.8) is 0 Å². The zero-order chi connectivity index (χ0) is 20.2. The number of benzene rings is 1. The van der Waals surface area contributed by atoms with Gasteiger partial charge in [-0.3, -0.25) is 9.59 Å². The summed E-state index contributed by atoms with van der Waals surface area (Å²) in [7, 11) is 0. The van der Waals surface area contributed by atoms with E-state index in [1.165, 1.54) is 6.07 Å². The van der Waals surface area contributed by atoms with Gasteiger partial charge in [0, 0.05) is 18.2 Å². The summed E-state index contributed by atoms with van der Waals surface area (Å²) in [5, 5.41) is 1.55. The minimum atomic E-state index is -4.76. The highest BCUT2D eigenvalue weighted by molar-refractivity contribution is 6.31. The van der Waals surface area contributed by atoms with Crippen molar-refractivity contribution < 1.29 is 22.4 Å². The van der Waals surface area contributed by atoms with Gasteiger partial charge in [-0.05, 0) is 54.4 Å². The standard InChI is InChI=1S/C19H15ClF4N2O2/c20-13-6-14(21)15(5-12(13)19(22,23)24)26-18(28)17-8-1-2-10(17)11-7-25-16(27)4-9(11)3-8/h4-8,10,17H,1-3H2,(H,25,27)(H,26,28)/t8-,10-,17?/m1/s1. The van der Waals surface area contributed by atoms with E-state index in [9.17, 15) is 27.2 Å². The largest absolute Gasteiger partial charge is 0.417 e. The van der Waals surface area contributed by atoms with Gasteiger partial charge in [0.05, 0.1) is 16.3 Å². The fourth-order valence-electron chi connectivity index (χ4n) is 4.46. The number of fused-ring (bicyclic) bond motifs is 4. The Kier molecular flexibility index (Phi) is 4.49. The molecule has 148 valence electrons. The molecular weight excluding hydrogens is 400 g/mol. The molecule has 1 aromatic heterocycles. The molecular formula is C19H15ClF4N2O2. The van der Waals surface area contributed by atoms with E-state index in [2.05, 4.69) is 10.3 Å². The highest BCUT2D eigenvalue weighted by atomic mass is 35.5. The summed E-state index contributed by atoms with van der Waals surface area (Å²) in [6, 6.07) is 2.59. The summed E-state index contributed by atoms with van der Waals surface area (Å²) >= 11 is 5.49. The minimum absolute atomic E-state index is 0.0447. The van der Waals surface area contributed by atoms with Crippen LogP contribution in [0.15, 0.2) is 29.2 Å². The number of aromatic nitrogens is 1. The number of halogens is 5. The summed E-state index contributed by atoms with van der Waals surface area (Å²) in [4.78, 5) is 27.0. The first kappa shape index (κ1) is 19.0. The summed E-state index contributed by atoms with van der Waals surface area (Å²) in [5.74, 6) is -2.26. The van der Waals surface area contributed by atoms with Crippen molar-refractivity contribution in [3.05, 3.63) is 62.3 Å². The van der Waals surface area contributed by atoms with Gasteiger partial charge in [0.2, 0.25) is 11.5 Å². The Labute approximate surface area is 161 Å². The zero-order valence-electron chi connectivity index (χ0n) is 14.4. The van der Waals surface area contributed by atoms with Crippen LogP contribution < -0.4 is 10.9 Å². The second-order valence-corrected chi connectivity index (χ2v) is 7.66. The van der Waals surface area contributed by atoms with E-state index >= 15 is 0 Å². The lowest BCUT2D eigenvalue weighted by molar-refractivity contribution is -0.137. The van der Waals surface area contributed by atoms with E-state index < -0.39 is 40.1 Å². The van der Waals surface area contributed by atoms with Crippen molar-refractivity contribution >= 4 is 23.2 Å². The lowest BCUT2D eigenvalue weighted by Crippen LogP contribution is -2.34. The van der Waals surface area contributed by atoms with Crippen LogP contribution in [0.1, 0.15) is 35.4 Å². The Balaban J connectivity index is 1.63. The first-order valence-electron chi connectivity index (χ1n) is 8.73. The number of hydrogen-bond acceptors (Lipinski definition) is 2. The normalized spacial score (nSPS) is 23.4. The van der Waals surface area contributed by atoms with E-state index in [-0.39, 0.29) is 17.4 Å². The van der Waals surface area contributed by atoms with Gasteiger partial charge in [-0.25, -0.2) is 4.39 Å². The predicted octanol–water partition coefficient (Wildman–Crippen LogP) is 4.49. The average Bonchev–Trinajstić information content (AvgIpc) is 2.91. The molecule has 2 aromatic rings. The number of anilines is 1. The monoisotopic (exact) mass is 414 g/mol. The Bertz CT molecular complexity index is 1020. The van der Waals surface area contributed by atoms with E-state index in [1.807, 2.05) is 0 Å². The smallest absolute Gasteiger partial charge is 0.329 e. The number of nitrogens with one attached hydrogen (secondary N) is 2. The van der Waals surface area contributed by atoms with Crippen LogP contribution in [0.25, 0.3) is 0 Å². The van der Waals surface area contributed by atoms with Crippen LogP contribution in [-0.2, 0) is 17.4 Å². The van der Waals surface area contributed by atoms with Crippen molar-refractivity contribution in [1.29, 1.82) is 0 Å². The molecule has 1 amide bonds. The summed E-state index contributed by atoms with van der Waals surface area (Å²) < 4.78 is 53.2. The number of H-pyrrole nitrogens is 1. The van der Waals surface area contributed by atoms with Gasteiger partial charge in [-0.2, -0.15) is 13.2 Å². The van der Waals surface area contributed by atoms with Gasteiger partial charge in [0.1, 0.15) is 5.82 Å². The fraction of sp³-hybridized carbons (Fsp3) is 0.368. The Morgan fingerprint density at radius 3 is 2.68 bits per heavy atom. The Morgan fingerprint density at radius 2 is 1.96 bits per heavy atom. The van der Waals surface area contributed by atoms with Crippen LogP contribution in [0.4, 0.5) is 23.2 Å². The SMILES string of the molecule is O=C(Nc1cc(C(F)(F)F)c(Cl)cc1F)C1[C@@H]2CC[C@@H]1c1c[nH]c(=O)cc1C2. The molecule has 1 unspecified atom stereocenters. The fourth-order valence-corrected chi connectivity index (χ4v) is 4.72. The maximum Gasteiger partial charge on any atom is 0.417 e. The molecule has 3 atom stereocenters. The molecule has 0 saturated heterocycles. The number of aromatic amines is 1. The number of amides is 1. The van der Waals surface area contributed by atoms with Crippen LogP contribution in [-0.4, -0.2) is 10.9 Å². The molecule has 4 rings (SSSR count). The van der Waals surface area contributed by atoms with E-state index in [4.69, 9.17) is 11.6 Å². The third-order valence-corrected chi connectivity index (χ3v) is 5.95.